The van der Waals surface area contributed by atoms with Gasteiger partial charge in [-0.3, -0.25) is 4.79 Å². The number of rotatable bonds is 10. The Morgan fingerprint density at radius 1 is 1.00 bits per heavy atom. The number of ether oxygens (including phenoxy) is 3. The number of aromatic nitrogens is 1. The zero-order valence-electron chi connectivity index (χ0n) is 19.8. The lowest BCUT2D eigenvalue weighted by atomic mass is 9.90. The molecule has 34 heavy (non-hydrogen) atoms. The minimum atomic E-state index is -0.124. The van der Waals surface area contributed by atoms with E-state index in [9.17, 15) is 4.79 Å². The Bertz CT molecular complexity index is 1260. The Hall–Kier alpha value is -3.77. The van der Waals surface area contributed by atoms with Crippen LogP contribution in [0, 0.1) is 0 Å². The van der Waals surface area contributed by atoms with Gasteiger partial charge in [-0.05, 0) is 53.9 Å². The molecule has 0 saturated carbocycles. The second-order valence-corrected chi connectivity index (χ2v) is 8.03. The summed E-state index contributed by atoms with van der Waals surface area (Å²) in [4.78, 5) is 16.4. The van der Waals surface area contributed by atoms with Crippen LogP contribution < -0.4 is 14.8 Å². The summed E-state index contributed by atoms with van der Waals surface area (Å²) in [5, 5.41) is 4.25. The molecule has 1 atom stereocenters. The highest BCUT2D eigenvalue weighted by atomic mass is 16.5. The Morgan fingerprint density at radius 3 is 2.65 bits per heavy atom. The van der Waals surface area contributed by atoms with Crippen LogP contribution in [0.25, 0.3) is 10.9 Å². The maximum Gasteiger partial charge on any atom is 0.251 e. The van der Waals surface area contributed by atoms with Crippen LogP contribution in [-0.2, 0) is 11.3 Å². The smallest absolute Gasteiger partial charge is 0.251 e. The second kappa shape index (κ2) is 10.9. The number of amides is 1. The molecule has 2 N–H and O–H groups in total. The highest BCUT2D eigenvalue weighted by Gasteiger charge is 2.21. The van der Waals surface area contributed by atoms with E-state index in [1.165, 1.54) is 0 Å². The largest absolute Gasteiger partial charge is 0.493 e. The minimum absolute atomic E-state index is 0.0909. The molecule has 176 valence electrons. The lowest BCUT2D eigenvalue weighted by molar-refractivity contribution is 0.0952. The van der Waals surface area contributed by atoms with E-state index >= 15 is 0 Å². The fourth-order valence-corrected chi connectivity index (χ4v) is 4.23. The number of para-hydroxylation sites is 1. The summed E-state index contributed by atoms with van der Waals surface area (Å²) < 4.78 is 16.5. The van der Waals surface area contributed by atoms with Crippen LogP contribution in [0.2, 0.25) is 0 Å². The Labute approximate surface area is 199 Å². The first-order valence-corrected chi connectivity index (χ1v) is 11.4. The van der Waals surface area contributed by atoms with Crippen molar-refractivity contribution in [2.24, 2.45) is 0 Å². The molecule has 6 nitrogen and oxygen atoms in total. The average Bonchev–Trinajstić information content (AvgIpc) is 3.29. The van der Waals surface area contributed by atoms with Crippen LogP contribution in [0.3, 0.4) is 0 Å². The van der Waals surface area contributed by atoms with Crippen LogP contribution in [0.5, 0.6) is 11.5 Å². The Kier molecular flexibility index (Phi) is 7.50. The molecule has 1 unspecified atom stereocenters. The maximum absolute atomic E-state index is 13.0. The van der Waals surface area contributed by atoms with E-state index in [1.54, 1.807) is 14.2 Å². The van der Waals surface area contributed by atoms with E-state index in [4.69, 9.17) is 14.2 Å². The summed E-state index contributed by atoms with van der Waals surface area (Å²) >= 11 is 0. The van der Waals surface area contributed by atoms with Crippen molar-refractivity contribution in [2.75, 3.05) is 27.4 Å². The van der Waals surface area contributed by atoms with Crippen LogP contribution in [0.15, 0.2) is 72.9 Å². The van der Waals surface area contributed by atoms with E-state index in [2.05, 4.69) is 22.4 Å². The van der Waals surface area contributed by atoms with Crippen molar-refractivity contribution >= 4 is 16.8 Å². The molecule has 0 saturated heterocycles. The standard InChI is InChI=1S/C28H30N2O4/c1-4-34-26-13-12-20(15-27(26)33-3)23(24-17-29-25-11-6-5-10-22(24)25)16-30-28(31)21-9-7-8-19(14-21)18-32-2/h5-15,17,23,29H,4,16,18H2,1-3H3,(H,30,31). The van der Waals surface area contributed by atoms with E-state index in [0.29, 0.717) is 36.8 Å². The first-order valence-electron chi connectivity index (χ1n) is 11.4. The molecule has 0 aliphatic rings. The molecule has 3 aromatic carbocycles. The molecule has 4 rings (SSSR count). The van der Waals surface area contributed by atoms with Crippen LogP contribution in [0.1, 0.15) is 39.9 Å². The van der Waals surface area contributed by atoms with Gasteiger partial charge in [0.25, 0.3) is 5.91 Å². The van der Waals surface area contributed by atoms with Gasteiger partial charge in [0.15, 0.2) is 11.5 Å². The van der Waals surface area contributed by atoms with Crippen LogP contribution >= 0.6 is 0 Å². The van der Waals surface area contributed by atoms with Gasteiger partial charge in [-0.25, -0.2) is 0 Å². The lowest BCUT2D eigenvalue weighted by Gasteiger charge is -2.20. The van der Waals surface area contributed by atoms with Gasteiger partial charge >= 0.3 is 0 Å². The van der Waals surface area contributed by atoms with Crippen molar-refractivity contribution in [1.82, 2.24) is 10.3 Å². The van der Waals surface area contributed by atoms with Gasteiger partial charge in [-0.1, -0.05) is 36.4 Å². The number of fused-ring (bicyclic) bond motifs is 1. The predicted octanol–water partition coefficient (Wildman–Crippen LogP) is 5.28. The third-order valence-corrected chi connectivity index (χ3v) is 5.85. The monoisotopic (exact) mass is 458 g/mol. The number of hydrogen-bond donors (Lipinski definition) is 2. The quantitative estimate of drug-likeness (QED) is 0.339. The zero-order chi connectivity index (χ0) is 23.9. The number of carbonyl (C=O) groups excluding carboxylic acids is 1. The maximum atomic E-state index is 13.0. The number of aromatic amines is 1. The molecule has 0 spiro atoms. The number of H-pyrrole nitrogens is 1. The molecule has 1 heterocycles. The summed E-state index contributed by atoms with van der Waals surface area (Å²) in [6.07, 6.45) is 2.02. The molecule has 0 fully saturated rings. The fraction of sp³-hybridized carbons (Fsp3) is 0.250. The third kappa shape index (κ3) is 5.07. The van der Waals surface area contributed by atoms with Gasteiger partial charge in [0.1, 0.15) is 0 Å². The highest BCUT2D eigenvalue weighted by Crippen LogP contribution is 2.36. The van der Waals surface area contributed by atoms with Gasteiger partial charge in [0.2, 0.25) is 0 Å². The normalized spacial score (nSPS) is 11.9. The molecule has 1 aromatic heterocycles. The molecule has 0 radical (unpaired) electrons. The molecule has 0 aliphatic heterocycles. The van der Waals surface area contributed by atoms with E-state index < -0.39 is 0 Å². The topological polar surface area (TPSA) is 72.6 Å². The number of carbonyl (C=O) groups is 1. The van der Waals surface area contributed by atoms with Gasteiger partial charge < -0.3 is 24.5 Å². The third-order valence-electron chi connectivity index (χ3n) is 5.85. The molecule has 0 bridgehead atoms. The molecule has 4 aromatic rings. The van der Waals surface area contributed by atoms with Crippen molar-refractivity contribution in [3.8, 4) is 11.5 Å². The van der Waals surface area contributed by atoms with E-state index in [-0.39, 0.29) is 11.8 Å². The number of benzene rings is 3. The van der Waals surface area contributed by atoms with Crippen molar-refractivity contribution in [1.29, 1.82) is 0 Å². The molecular weight excluding hydrogens is 428 g/mol. The Morgan fingerprint density at radius 2 is 1.85 bits per heavy atom. The average molecular weight is 459 g/mol. The van der Waals surface area contributed by atoms with Gasteiger partial charge in [0, 0.05) is 42.2 Å². The summed E-state index contributed by atoms with van der Waals surface area (Å²) in [5.74, 6) is 1.15. The molecular formula is C28H30N2O4. The summed E-state index contributed by atoms with van der Waals surface area (Å²) in [5.41, 5.74) is 4.75. The predicted molar refractivity (Wildman–Crippen MR) is 134 cm³/mol. The fourth-order valence-electron chi connectivity index (χ4n) is 4.23. The van der Waals surface area contributed by atoms with Crippen molar-refractivity contribution in [2.45, 2.75) is 19.4 Å². The van der Waals surface area contributed by atoms with Crippen LogP contribution in [-0.4, -0.2) is 38.3 Å². The highest BCUT2D eigenvalue weighted by molar-refractivity contribution is 5.94. The first kappa shape index (κ1) is 23.4. The first-order chi connectivity index (χ1) is 16.6. The van der Waals surface area contributed by atoms with Crippen molar-refractivity contribution < 1.29 is 19.0 Å². The SMILES string of the molecule is CCOc1ccc(C(CNC(=O)c2cccc(COC)c2)c2c[nH]c3ccccc23)cc1OC. The Balaban J connectivity index is 1.66. The van der Waals surface area contributed by atoms with E-state index in [0.717, 1.165) is 27.6 Å². The number of hydrogen-bond acceptors (Lipinski definition) is 4. The summed E-state index contributed by atoms with van der Waals surface area (Å²) in [6.45, 7) is 3.39. The second-order valence-electron chi connectivity index (χ2n) is 8.03. The number of nitrogens with one attached hydrogen (secondary N) is 2. The lowest BCUT2D eigenvalue weighted by Crippen LogP contribution is -2.29. The van der Waals surface area contributed by atoms with E-state index in [1.807, 2.05) is 67.7 Å². The minimum Gasteiger partial charge on any atom is -0.493 e. The zero-order valence-corrected chi connectivity index (χ0v) is 19.8. The molecule has 1 amide bonds. The molecule has 6 heteroatoms. The van der Waals surface area contributed by atoms with Gasteiger partial charge in [-0.15, -0.1) is 0 Å². The molecule has 0 aliphatic carbocycles. The summed E-state index contributed by atoms with van der Waals surface area (Å²) in [7, 11) is 3.28. The van der Waals surface area contributed by atoms with Gasteiger partial charge in [-0.2, -0.15) is 0 Å². The number of methoxy groups -OCH3 is 2. The summed E-state index contributed by atoms with van der Waals surface area (Å²) in [6, 6.07) is 21.6. The van der Waals surface area contributed by atoms with Gasteiger partial charge in [0.05, 0.1) is 20.3 Å². The van der Waals surface area contributed by atoms with Crippen molar-refractivity contribution in [3.05, 3.63) is 95.2 Å². The van der Waals surface area contributed by atoms with Crippen molar-refractivity contribution in [3.63, 3.8) is 0 Å². The van der Waals surface area contributed by atoms with Crippen LogP contribution in [0.4, 0.5) is 0 Å².